The van der Waals surface area contributed by atoms with Crippen molar-refractivity contribution in [2.75, 3.05) is 4.72 Å². The molecular formula is C17H18N4O2S2. The van der Waals surface area contributed by atoms with E-state index in [0.717, 1.165) is 17.7 Å². The molecule has 0 atom stereocenters. The van der Waals surface area contributed by atoms with E-state index in [9.17, 15) is 8.42 Å². The van der Waals surface area contributed by atoms with Gasteiger partial charge in [-0.2, -0.15) is 5.10 Å². The van der Waals surface area contributed by atoms with Gasteiger partial charge in [0.15, 0.2) is 4.77 Å². The Hall–Kier alpha value is -2.45. The molecule has 25 heavy (non-hydrogen) atoms. The molecule has 0 bridgehead atoms. The number of nitrogens with one attached hydrogen (secondary N) is 2. The highest BCUT2D eigenvalue weighted by Crippen LogP contribution is 2.20. The highest BCUT2D eigenvalue weighted by molar-refractivity contribution is 7.92. The van der Waals surface area contributed by atoms with Gasteiger partial charge in [0.2, 0.25) is 0 Å². The summed E-state index contributed by atoms with van der Waals surface area (Å²) in [5.74, 6) is 0.695. The number of aromatic amines is 1. The second kappa shape index (κ2) is 6.81. The maximum atomic E-state index is 12.6. The van der Waals surface area contributed by atoms with Gasteiger partial charge in [-0.1, -0.05) is 25.1 Å². The molecule has 0 saturated heterocycles. The molecule has 8 heteroatoms. The van der Waals surface area contributed by atoms with Crippen LogP contribution in [0.2, 0.25) is 0 Å². The van der Waals surface area contributed by atoms with Gasteiger partial charge >= 0.3 is 0 Å². The van der Waals surface area contributed by atoms with E-state index in [4.69, 9.17) is 12.2 Å². The molecular weight excluding hydrogens is 356 g/mol. The van der Waals surface area contributed by atoms with Crippen molar-refractivity contribution in [1.29, 1.82) is 0 Å². The molecule has 1 aromatic heterocycles. The number of nitrogens with zero attached hydrogens (tertiary/aromatic N) is 2. The minimum absolute atomic E-state index is 0.228. The van der Waals surface area contributed by atoms with Crippen LogP contribution in [-0.4, -0.2) is 23.2 Å². The van der Waals surface area contributed by atoms with E-state index < -0.39 is 10.0 Å². The number of benzene rings is 2. The Morgan fingerprint density at radius 2 is 1.92 bits per heavy atom. The van der Waals surface area contributed by atoms with Crippen molar-refractivity contribution in [2.24, 2.45) is 0 Å². The minimum Gasteiger partial charge on any atom is -0.280 e. The molecule has 0 fully saturated rings. The second-order valence-electron chi connectivity index (χ2n) is 5.56. The minimum atomic E-state index is -3.65. The molecule has 0 unspecified atom stereocenters. The fourth-order valence-electron chi connectivity index (χ4n) is 2.51. The first-order valence-corrected chi connectivity index (χ1v) is 9.66. The van der Waals surface area contributed by atoms with Crippen LogP contribution in [0.3, 0.4) is 0 Å². The quantitative estimate of drug-likeness (QED) is 0.669. The monoisotopic (exact) mass is 374 g/mol. The number of sulfonamides is 1. The molecule has 0 aliphatic rings. The van der Waals surface area contributed by atoms with Crippen LogP contribution < -0.4 is 4.72 Å². The summed E-state index contributed by atoms with van der Waals surface area (Å²) in [4.78, 5) is 0.228. The standard InChI is InChI=1S/C17H18N4O2S2/c1-3-13-7-9-16(10-8-13)25(22,23)20-14-5-4-6-15(11-14)21-12(2)18-19-17(21)24/h4-11,20H,3H2,1-2H3,(H,19,24). The van der Waals surface area contributed by atoms with Crippen LogP contribution in [0.5, 0.6) is 0 Å². The molecule has 6 nitrogen and oxygen atoms in total. The third-order valence-corrected chi connectivity index (χ3v) is 5.51. The van der Waals surface area contributed by atoms with E-state index >= 15 is 0 Å². The van der Waals surface area contributed by atoms with Crippen LogP contribution in [-0.2, 0) is 16.4 Å². The molecule has 0 radical (unpaired) electrons. The zero-order valence-corrected chi connectivity index (χ0v) is 15.5. The maximum Gasteiger partial charge on any atom is 0.261 e. The van der Waals surface area contributed by atoms with Gasteiger partial charge in [0.05, 0.1) is 16.3 Å². The lowest BCUT2D eigenvalue weighted by Gasteiger charge is -2.11. The molecule has 0 saturated carbocycles. The summed E-state index contributed by atoms with van der Waals surface area (Å²) in [6.45, 7) is 3.84. The second-order valence-corrected chi connectivity index (χ2v) is 7.63. The fourth-order valence-corrected chi connectivity index (χ4v) is 3.84. The largest absolute Gasteiger partial charge is 0.280 e. The average molecular weight is 374 g/mol. The summed E-state index contributed by atoms with van der Waals surface area (Å²) in [5, 5.41) is 6.78. The average Bonchev–Trinajstić information content (AvgIpc) is 2.93. The normalized spacial score (nSPS) is 11.4. The van der Waals surface area contributed by atoms with Gasteiger partial charge in [0.1, 0.15) is 5.82 Å². The molecule has 3 aromatic rings. The summed E-state index contributed by atoms with van der Waals surface area (Å²) >= 11 is 5.21. The SMILES string of the molecule is CCc1ccc(S(=O)(=O)Nc2cccc(-n3c(C)n[nH]c3=S)c2)cc1. The van der Waals surface area contributed by atoms with Crippen LogP contribution >= 0.6 is 12.2 Å². The van der Waals surface area contributed by atoms with Gasteiger partial charge in [-0.05, 0) is 61.5 Å². The van der Waals surface area contributed by atoms with Gasteiger partial charge in [-0.3, -0.25) is 14.4 Å². The Bertz CT molecular complexity index is 1050. The van der Waals surface area contributed by atoms with Crippen molar-refractivity contribution < 1.29 is 8.42 Å². The topological polar surface area (TPSA) is 79.8 Å². The number of anilines is 1. The molecule has 0 aliphatic carbocycles. The number of H-pyrrole nitrogens is 1. The lowest BCUT2D eigenvalue weighted by Crippen LogP contribution is -2.13. The van der Waals surface area contributed by atoms with Crippen molar-refractivity contribution in [3.8, 4) is 5.69 Å². The van der Waals surface area contributed by atoms with Crippen LogP contribution in [0.1, 0.15) is 18.3 Å². The van der Waals surface area contributed by atoms with Crippen molar-refractivity contribution in [3.05, 3.63) is 64.7 Å². The van der Waals surface area contributed by atoms with Crippen LogP contribution in [0.4, 0.5) is 5.69 Å². The molecule has 3 rings (SSSR count). The maximum absolute atomic E-state index is 12.6. The zero-order chi connectivity index (χ0) is 18.0. The molecule has 0 amide bonds. The van der Waals surface area contributed by atoms with E-state index in [-0.39, 0.29) is 4.90 Å². The summed E-state index contributed by atoms with van der Waals surface area (Å²) in [7, 11) is -3.65. The van der Waals surface area contributed by atoms with E-state index in [0.29, 0.717) is 16.3 Å². The highest BCUT2D eigenvalue weighted by Gasteiger charge is 2.14. The molecule has 130 valence electrons. The Balaban J connectivity index is 1.92. The fraction of sp³-hybridized carbons (Fsp3) is 0.176. The first-order valence-electron chi connectivity index (χ1n) is 7.77. The first-order chi connectivity index (χ1) is 11.9. The van der Waals surface area contributed by atoms with E-state index in [2.05, 4.69) is 14.9 Å². The Morgan fingerprint density at radius 3 is 2.52 bits per heavy atom. The Labute approximate surface area is 151 Å². The molecule has 2 N–H and O–H groups in total. The molecule has 1 heterocycles. The number of hydrogen-bond acceptors (Lipinski definition) is 4. The van der Waals surface area contributed by atoms with Crippen molar-refractivity contribution in [2.45, 2.75) is 25.2 Å². The zero-order valence-electron chi connectivity index (χ0n) is 13.9. The van der Waals surface area contributed by atoms with Gasteiger partial charge < -0.3 is 0 Å². The van der Waals surface area contributed by atoms with Gasteiger partial charge in [-0.15, -0.1) is 0 Å². The van der Waals surface area contributed by atoms with Crippen LogP contribution in [0.25, 0.3) is 5.69 Å². The number of rotatable bonds is 5. The lowest BCUT2D eigenvalue weighted by molar-refractivity contribution is 0.601. The first kappa shape index (κ1) is 17.4. The third kappa shape index (κ3) is 3.64. The summed E-state index contributed by atoms with van der Waals surface area (Å²) < 4.78 is 30.0. The van der Waals surface area contributed by atoms with Crippen LogP contribution in [0.15, 0.2) is 53.4 Å². The van der Waals surface area contributed by atoms with E-state index in [1.165, 1.54) is 0 Å². The summed E-state index contributed by atoms with van der Waals surface area (Å²) in [5.41, 5.74) is 2.28. The van der Waals surface area contributed by atoms with Crippen LogP contribution in [0, 0.1) is 11.7 Å². The lowest BCUT2D eigenvalue weighted by atomic mass is 10.2. The predicted molar refractivity (Wildman–Crippen MR) is 100 cm³/mol. The molecule has 0 aliphatic heterocycles. The highest BCUT2D eigenvalue weighted by atomic mass is 32.2. The molecule has 0 spiro atoms. The van der Waals surface area contributed by atoms with E-state index in [1.54, 1.807) is 34.9 Å². The predicted octanol–water partition coefficient (Wildman–Crippen LogP) is 3.60. The smallest absolute Gasteiger partial charge is 0.261 e. The number of hydrogen-bond donors (Lipinski definition) is 2. The summed E-state index contributed by atoms with van der Waals surface area (Å²) in [6, 6.07) is 13.9. The molecule has 2 aromatic carbocycles. The Kier molecular flexibility index (Phi) is 4.73. The Morgan fingerprint density at radius 1 is 1.20 bits per heavy atom. The van der Waals surface area contributed by atoms with Gasteiger partial charge in [0.25, 0.3) is 10.0 Å². The van der Waals surface area contributed by atoms with Crippen molar-refractivity contribution in [1.82, 2.24) is 14.8 Å². The van der Waals surface area contributed by atoms with E-state index in [1.807, 2.05) is 32.0 Å². The number of aromatic nitrogens is 3. The number of aryl methyl sites for hydroxylation is 2. The van der Waals surface area contributed by atoms with Crippen molar-refractivity contribution >= 4 is 27.9 Å². The van der Waals surface area contributed by atoms with Gasteiger partial charge in [0, 0.05) is 0 Å². The van der Waals surface area contributed by atoms with Gasteiger partial charge in [-0.25, -0.2) is 8.42 Å². The summed E-state index contributed by atoms with van der Waals surface area (Å²) in [6.07, 6.45) is 0.862. The van der Waals surface area contributed by atoms with Crippen molar-refractivity contribution in [3.63, 3.8) is 0 Å². The third-order valence-electron chi connectivity index (χ3n) is 3.84.